The van der Waals surface area contributed by atoms with Crippen LogP contribution in [0.2, 0.25) is 0 Å². The van der Waals surface area contributed by atoms with Crippen LogP contribution in [0.1, 0.15) is 18.9 Å². The third-order valence-corrected chi connectivity index (χ3v) is 4.14. The molecule has 0 saturated heterocycles. The first kappa shape index (κ1) is 19.0. The number of nitrogens with zero attached hydrogens (tertiary/aromatic N) is 3. The van der Waals surface area contributed by atoms with Gasteiger partial charge in [-0.15, -0.1) is 13.2 Å². The molecule has 0 bridgehead atoms. The van der Waals surface area contributed by atoms with E-state index in [2.05, 4.69) is 15.0 Å². The third-order valence-electron chi connectivity index (χ3n) is 4.14. The molecule has 11 heteroatoms. The molecular weight excluding hydrogens is 369 g/mol. The predicted molar refractivity (Wildman–Crippen MR) is 87.3 cm³/mol. The van der Waals surface area contributed by atoms with E-state index >= 15 is 0 Å². The highest BCUT2D eigenvalue weighted by atomic mass is 19.4. The van der Waals surface area contributed by atoms with Crippen LogP contribution in [0.4, 0.5) is 19.0 Å². The Morgan fingerprint density at radius 1 is 1.41 bits per heavy atom. The van der Waals surface area contributed by atoms with Crippen LogP contribution in [0.25, 0.3) is 0 Å². The summed E-state index contributed by atoms with van der Waals surface area (Å²) >= 11 is 0. The second-order valence-corrected chi connectivity index (χ2v) is 6.03. The van der Waals surface area contributed by atoms with Gasteiger partial charge in [-0.3, -0.25) is 4.57 Å². The summed E-state index contributed by atoms with van der Waals surface area (Å²) in [5.41, 5.74) is 0.766. The van der Waals surface area contributed by atoms with Crippen molar-refractivity contribution in [1.82, 2.24) is 14.9 Å². The van der Waals surface area contributed by atoms with Crippen LogP contribution in [0.15, 0.2) is 30.5 Å². The van der Waals surface area contributed by atoms with Crippen molar-refractivity contribution in [2.24, 2.45) is 0 Å². The van der Waals surface area contributed by atoms with Gasteiger partial charge in [-0.2, -0.15) is 0 Å². The molecule has 2 atom stereocenters. The summed E-state index contributed by atoms with van der Waals surface area (Å²) in [6.07, 6.45) is -2.97. The number of nitro groups is 1. The van der Waals surface area contributed by atoms with Gasteiger partial charge in [0.1, 0.15) is 18.1 Å². The molecule has 0 fully saturated rings. The number of halogens is 3. The molecule has 1 aromatic heterocycles. The third kappa shape index (κ3) is 4.67. The molecule has 0 aliphatic carbocycles. The number of hydrogen-bond acceptors (Lipinski definition) is 6. The second kappa shape index (κ2) is 7.43. The SMILES string of the molecule is CC[C@H]1Oc2nc([N+](=O)[O-])cn2C[C@@H]1NCc1ccc(OC(F)(F)F)cc1. The lowest BCUT2D eigenvalue weighted by molar-refractivity contribution is -0.389. The topological polar surface area (TPSA) is 91.5 Å². The monoisotopic (exact) mass is 386 g/mol. The molecule has 27 heavy (non-hydrogen) atoms. The van der Waals surface area contributed by atoms with E-state index in [0.29, 0.717) is 19.5 Å². The highest BCUT2D eigenvalue weighted by Gasteiger charge is 2.34. The predicted octanol–water partition coefficient (Wildman–Crippen LogP) is 3.02. The first-order chi connectivity index (χ1) is 12.7. The lowest BCUT2D eigenvalue weighted by Gasteiger charge is -2.31. The molecule has 0 saturated carbocycles. The van der Waals surface area contributed by atoms with Crippen molar-refractivity contribution < 1.29 is 27.6 Å². The number of alkyl halides is 3. The Morgan fingerprint density at radius 3 is 2.70 bits per heavy atom. The number of imidazole rings is 1. The van der Waals surface area contributed by atoms with E-state index in [1.807, 2.05) is 6.92 Å². The number of hydrogen-bond donors (Lipinski definition) is 1. The van der Waals surface area contributed by atoms with Crippen molar-refractivity contribution in [2.45, 2.75) is 44.9 Å². The molecule has 1 aromatic carbocycles. The fraction of sp³-hybridized carbons (Fsp3) is 0.438. The Balaban J connectivity index is 1.63. The molecule has 2 heterocycles. The number of ether oxygens (including phenoxy) is 2. The van der Waals surface area contributed by atoms with Gasteiger partial charge in [0.15, 0.2) is 0 Å². The molecule has 0 unspecified atom stereocenters. The van der Waals surface area contributed by atoms with Crippen LogP contribution in [-0.4, -0.2) is 33.0 Å². The van der Waals surface area contributed by atoms with Crippen molar-refractivity contribution in [3.05, 3.63) is 46.1 Å². The minimum Gasteiger partial charge on any atom is -0.441 e. The molecule has 1 aliphatic heterocycles. The number of rotatable bonds is 6. The van der Waals surface area contributed by atoms with Gasteiger partial charge in [-0.1, -0.05) is 19.1 Å². The van der Waals surface area contributed by atoms with Crippen LogP contribution in [0.3, 0.4) is 0 Å². The Labute approximate surface area is 152 Å². The van der Waals surface area contributed by atoms with Crippen molar-refractivity contribution in [2.75, 3.05) is 0 Å². The van der Waals surface area contributed by atoms with Crippen molar-refractivity contribution >= 4 is 5.82 Å². The molecule has 1 N–H and O–H groups in total. The zero-order valence-electron chi connectivity index (χ0n) is 14.3. The van der Waals surface area contributed by atoms with Gasteiger partial charge < -0.3 is 24.9 Å². The first-order valence-corrected chi connectivity index (χ1v) is 8.21. The molecule has 1 aliphatic rings. The highest BCUT2D eigenvalue weighted by Crippen LogP contribution is 2.26. The molecule has 3 rings (SSSR count). The van der Waals surface area contributed by atoms with E-state index in [1.165, 1.54) is 30.5 Å². The average Bonchev–Trinajstić information content (AvgIpc) is 3.02. The van der Waals surface area contributed by atoms with E-state index in [4.69, 9.17) is 4.74 Å². The standard InChI is InChI=1S/C16H17F3N4O4/c1-2-13-12(8-22-9-14(23(24)25)21-15(22)26-13)20-7-10-3-5-11(6-4-10)27-16(17,18)19/h3-6,9,12-13,20H,2,7-8H2,1H3/t12-,13+/m0/s1. The molecule has 8 nitrogen and oxygen atoms in total. The van der Waals surface area contributed by atoms with E-state index in [0.717, 1.165) is 5.56 Å². The maximum absolute atomic E-state index is 12.2. The van der Waals surface area contributed by atoms with Crippen molar-refractivity contribution in [3.8, 4) is 11.8 Å². The maximum Gasteiger partial charge on any atom is 0.573 e. The highest BCUT2D eigenvalue weighted by molar-refractivity contribution is 5.27. The van der Waals surface area contributed by atoms with E-state index in [1.54, 1.807) is 4.57 Å². The van der Waals surface area contributed by atoms with Gasteiger partial charge in [-0.05, 0) is 29.0 Å². The quantitative estimate of drug-likeness (QED) is 0.606. The fourth-order valence-corrected chi connectivity index (χ4v) is 2.87. The molecule has 146 valence electrons. The Morgan fingerprint density at radius 2 is 2.11 bits per heavy atom. The molecule has 2 aromatic rings. The van der Waals surface area contributed by atoms with Gasteiger partial charge in [0, 0.05) is 18.1 Å². The summed E-state index contributed by atoms with van der Waals surface area (Å²) in [4.78, 5) is 14.1. The van der Waals surface area contributed by atoms with Gasteiger partial charge in [0.25, 0.3) is 0 Å². The molecule has 0 spiro atoms. The van der Waals surface area contributed by atoms with Crippen molar-refractivity contribution in [3.63, 3.8) is 0 Å². The van der Waals surface area contributed by atoms with E-state index in [-0.39, 0.29) is 29.7 Å². The lowest BCUT2D eigenvalue weighted by atomic mass is 10.1. The van der Waals surface area contributed by atoms with Crippen LogP contribution in [-0.2, 0) is 13.1 Å². The van der Waals surface area contributed by atoms with Crippen LogP contribution >= 0.6 is 0 Å². The summed E-state index contributed by atoms with van der Waals surface area (Å²) in [7, 11) is 0. The van der Waals surface area contributed by atoms with Crippen LogP contribution in [0, 0.1) is 10.1 Å². The smallest absolute Gasteiger partial charge is 0.441 e. The lowest BCUT2D eigenvalue weighted by Crippen LogP contribution is -2.48. The molecule has 0 radical (unpaired) electrons. The van der Waals surface area contributed by atoms with Gasteiger partial charge in [-0.25, -0.2) is 0 Å². The summed E-state index contributed by atoms with van der Waals surface area (Å²) in [6, 6.07) is 5.63. The maximum atomic E-state index is 12.2. The van der Waals surface area contributed by atoms with Gasteiger partial charge in [0.2, 0.25) is 0 Å². The Hall–Kier alpha value is -2.82. The number of benzene rings is 1. The van der Waals surface area contributed by atoms with Crippen LogP contribution < -0.4 is 14.8 Å². The number of nitrogens with one attached hydrogen (secondary N) is 1. The largest absolute Gasteiger partial charge is 0.573 e. The minimum absolute atomic E-state index is 0.137. The minimum atomic E-state index is -4.72. The normalized spacial score (nSPS) is 19.3. The summed E-state index contributed by atoms with van der Waals surface area (Å²) in [5, 5.41) is 14.1. The van der Waals surface area contributed by atoms with Gasteiger partial charge >= 0.3 is 18.2 Å². The fourth-order valence-electron chi connectivity index (χ4n) is 2.87. The molecule has 0 amide bonds. The first-order valence-electron chi connectivity index (χ1n) is 8.21. The summed E-state index contributed by atoms with van der Waals surface area (Å²) in [5.74, 6) is -0.560. The number of fused-ring (bicyclic) bond motifs is 1. The number of aromatic nitrogens is 2. The second-order valence-electron chi connectivity index (χ2n) is 6.03. The Bertz CT molecular complexity index is 807. The molecular formula is C16H17F3N4O4. The van der Waals surface area contributed by atoms with E-state index in [9.17, 15) is 23.3 Å². The van der Waals surface area contributed by atoms with E-state index < -0.39 is 11.3 Å². The Kier molecular flexibility index (Phi) is 5.22. The average molecular weight is 386 g/mol. The van der Waals surface area contributed by atoms with Gasteiger partial charge in [0.05, 0.1) is 6.04 Å². The summed E-state index contributed by atoms with van der Waals surface area (Å²) in [6.45, 7) is 2.75. The zero-order valence-corrected chi connectivity index (χ0v) is 14.3. The zero-order chi connectivity index (χ0) is 19.6. The van der Waals surface area contributed by atoms with Crippen molar-refractivity contribution in [1.29, 1.82) is 0 Å². The summed E-state index contributed by atoms with van der Waals surface area (Å²) < 4.78 is 47.7. The van der Waals surface area contributed by atoms with Crippen LogP contribution in [0.5, 0.6) is 11.8 Å².